The molecule has 0 unspecified atom stereocenters. The van der Waals surface area contributed by atoms with Gasteiger partial charge in [-0.1, -0.05) is 106 Å². The summed E-state index contributed by atoms with van der Waals surface area (Å²) >= 11 is 16.3. The molecule has 4 aliphatic heterocycles. The fraction of sp³-hybridized carbons (Fsp3) is 0.176. The molecule has 0 fully saturated rings. The number of aryl methyl sites for hydroxylation is 2. The average Bonchev–Trinajstić information content (AvgIpc) is 3.99. The van der Waals surface area contributed by atoms with Gasteiger partial charge in [0.1, 0.15) is 14.1 Å². The van der Waals surface area contributed by atoms with Gasteiger partial charge in [-0.2, -0.15) is 0 Å². The number of carboxylic acids is 4. The largest absolute Gasteiger partial charge is 2.00 e. The minimum absolute atomic E-state index is 0. The second-order valence-corrected chi connectivity index (χ2v) is 23.8. The molecule has 4 aliphatic rings. The van der Waals surface area contributed by atoms with E-state index in [4.69, 9.17) is 0 Å². The standard InChI is InChI=1S/C14H16N2.2C10H8O4S6.Mn.6H2O/c1-15-9-5-13(6-10-15)3-4-14-7-11-16(2)12-8-14;2*1-15-7-8(16-2)20-10(19-7)9-17-3(5(11)12)4(18-9)6(13)14;;;;;;;/h3-12H,1-2H3;2*1-2H3,(H,11,12)(H,13,14);;6*1H2/q+2;;;+2;;;;;;/b4-3+;;;;;;;;;. The molecule has 0 atom stereocenters. The maximum Gasteiger partial charge on any atom is 2.00 e. The third-order valence-electron chi connectivity index (χ3n) is 6.56. The number of carbonyl (C=O) groups excluding carboxylic acids is 4. The van der Waals surface area contributed by atoms with Crippen molar-refractivity contribution in [2.24, 2.45) is 14.1 Å². The van der Waals surface area contributed by atoms with E-state index in [-0.39, 0.29) is 69.5 Å². The van der Waals surface area contributed by atoms with Crippen molar-refractivity contribution in [3.63, 3.8) is 0 Å². The van der Waals surface area contributed by atoms with Crippen molar-refractivity contribution in [3.05, 3.63) is 114 Å². The number of hydrogen-bond donors (Lipinski definition) is 0. The maximum atomic E-state index is 11.0. The predicted octanol–water partition coefficient (Wildman–Crippen LogP) is -0.559. The van der Waals surface area contributed by atoms with Gasteiger partial charge in [0.05, 0.1) is 77.4 Å². The molecule has 6 heterocycles. The molecule has 16 N–H and O–H groups in total. The molecular formula is C34H44MnN2O14S12+4. The van der Waals surface area contributed by atoms with Crippen LogP contribution in [0.5, 0.6) is 0 Å². The first kappa shape index (κ1) is 68.4. The van der Waals surface area contributed by atoms with Crippen LogP contribution >= 0.6 is 141 Å². The monoisotopic (exact) mass is 1140 g/mol. The first-order valence-corrected chi connectivity index (χ1v) is 26.6. The van der Waals surface area contributed by atoms with Gasteiger partial charge in [-0.15, -0.1) is 47.0 Å². The van der Waals surface area contributed by atoms with E-state index in [0.717, 1.165) is 72.5 Å². The Morgan fingerprint density at radius 3 is 0.810 bits per heavy atom. The van der Waals surface area contributed by atoms with E-state index in [1.165, 1.54) is 58.2 Å². The number of rotatable bonds is 10. The summed E-state index contributed by atoms with van der Waals surface area (Å²) in [5.74, 6) is -5.91. The van der Waals surface area contributed by atoms with Crippen molar-refractivity contribution >= 4 is 177 Å². The molecule has 29 heteroatoms. The number of carboxylic acid groups (broad SMARTS) is 4. The van der Waals surface area contributed by atoms with E-state index in [0.29, 0.717) is 8.47 Å². The molecule has 16 nitrogen and oxygen atoms in total. The van der Waals surface area contributed by atoms with Crippen molar-refractivity contribution in [2.75, 3.05) is 25.0 Å². The van der Waals surface area contributed by atoms with Crippen molar-refractivity contribution in [3.8, 4) is 0 Å². The number of thioether (sulfide) groups is 12. The van der Waals surface area contributed by atoms with Gasteiger partial charge < -0.3 is 72.5 Å². The zero-order chi connectivity index (χ0) is 41.1. The second kappa shape index (κ2) is 33.3. The Labute approximate surface area is 424 Å². The topological polar surface area (TPSA) is 363 Å². The van der Waals surface area contributed by atoms with Crippen LogP contribution in [0.25, 0.3) is 12.2 Å². The molecule has 0 spiro atoms. The molecule has 2 aromatic rings. The number of aromatic nitrogens is 2. The Morgan fingerprint density at radius 1 is 0.444 bits per heavy atom. The number of nitrogens with zero attached hydrogens (tertiary/aromatic N) is 2. The van der Waals surface area contributed by atoms with Crippen LogP contribution in [0.3, 0.4) is 0 Å². The van der Waals surface area contributed by atoms with Crippen LogP contribution < -0.4 is 29.6 Å². The van der Waals surface area contributed by atoms with Gasteiger partial charge in [-0.3, -0.25) is 0 Å². The molecule has 349 valence electrons. The molecule has 6 rings (SSSR count). The molecule has 0 saturated heterocycles. The number of carbonyl (C=O) groups is 4. The summed E-state index contributed by atoms with van der Waals surface area (Å²) in [7, 11) is 4.04. The Balaban J connectivity index is -0.000000395. The molecule has 0 saturated carbocycles. The fourth-order valence-electron chi connectivity index (χ4n) is 3.95. The number of pyridine rings is 2. The van der Waals surface area contributed by atoms with Crippen LogP contribution in [0.1, 0.15) is 11.1 Å². The van der Waals surface area contributed by atoms with Gasteiger partial charge in [0, 0.05) is 24.3 Å². The summed E-state index contributed by atoms with van der Waals surface area (Å²) < 4.78 is 11.8. The molecule has 0 aromatic carbocycles. The fourth-order valence-corrected chi connectivity index (χ4v) is 19.2. The average molecular weight is 1140 g/mol. The van der Waals surface area contributed by atoms with Crippen molar-refractivity contribution in [1.29, 1.82) is 0 Å². The predicted molar refractivity (Wildman–Crippen MR) is 268 cm³/mol. The van der Waals surface area contributed by atoms with E-state index in [1.807, 2.05) is 73.0 Å². The van der Waals surface area contributed by atoms with Gasteiger partial charge >= 0.3 is 17.1 Å². The van der Waals surface area contributed by atoms with Crippen molar-refractivity contribution in [2.45, 2.75) is 0 Å². The zero-order valence-corrected chi connectivity index (χ0v) is 44.5. The van der Waals surface area contributed by atoms with Crippen LogP contribution in [0.15, 0.2) is 103 Å². The maximum absolute atomic E-state index is 11.0. The first-order chi connectivity index (χ1) is 26.7. The normalized spacial score (nSPS) is 15.0. The Bertz CT molecular complexity index is 1910. The summed E-state index contributed by atoms with van der Waals surface area (Å²) in [6, 6.07) is 8.39. The molecular weight excluding hydrogens is 1100 g/mol. The molecule has 0 amide bonds. The number of hydrogen-bond acceptors (Lipinski definition) is 20. The second-order valence-electron chi connectivity index (χ2n) is 10.3. The third kappa shape index (κ3) is 19.5. The molecule has 63 heavy (non-hydrogen) atoms. The Morgan fingerprint density at radius 2 is 0.635 bits per heavy atom. The van der Waals surface area contributed by atoms with Gasteiger partial charge in [0.25, 0.3) is 0 Å². The zero-order valence-electron chi connectivity index (χ0n) is 33.5. The van der Waals surface area contributed by atoms with E-state index >= 15 is 0 Å². The van der Waals surface area contributed by atoms with Gasteiger partial charge in [0.2, 0.25) is 0 Å². The summed E-state index contributed by atoms with van der Waals surface area (Å²) in [6.45, 7) is 0. The van der Waals surface area contributed by atoms with Gasteiger partial charge in [-0.25, -0.2) is 9.13 Å². The Kier molecular flexibility index (Phi) is 36.2. The van der Waals surface area contributed by atoms with Crippen LogP contribution in [-0.2, 0) is 72.2 Å². The van der Waals surface area contributed by atoms with Crippen molar-refractivity contribution in [1.82, 2.24) is 0 Å². The van der Waals surface area contributed by atoms with Crippen LogP contribution in [0, 0.1) is 0 Å². The minimum Gasteiger partial charge on any atom is -0.544 e. The SMILES string of the molecule is CSC1=C(SC)SC(=C2SC(C(=O)[O-])=C(C(=O)[O-])S2)S1.CSC1=C(SC)SC(=C2SC(C(=O)[O-])=C(C(=O)[O-])S2)S1.C[n+]1ccc(/C=C/c2cc[n+](C)cc2)cc1.O.O.[Mn+2].[OH3+].[OH3+].[OH3+].[OH3+]. The molecule has 0 bridgehead atoms. The van der Waals surface area contributed by atoms with E-state index < -0.39 is 23.9 Å². The molecule has 1 radical (unpaired) electrons. The smallest absolute Gasteiger partial charge is 0.544 e. The molecule has 2 aromatic heterocycles. The number of aliphatic carboxylic acids is 4. The third-order valence-corrected chi connectivity index (χ3v) is 23.2. The van der Waals surface area contributed by atoms with Crippen LogP contribution in [0.4, 0.5) is 0 Å². The minimum atomic E-state index is -1.48. The van der Waals surface area contributed by atoms with Crippen LogP contribution in [0.2, 0.25) is 0 Å². The van der Waals surface area contributed by atoms with E-state index in [9.17, 15) is 39.6 Å². The summed E-state index contributed by atoms with van der Waals surface area (Å²) in [5, 5.41) is 43.9. The van der Waals surface area contributed by atoms with E-state index in [2.05, 4.69) is 36.4 Å². The quantitative estimate of drug-likeness (QED) is 0.163. The molecule has 0 aliphatic carbocycles. The Hall–Kier alpha value is -1.16. The van der Waals surface area contributed by atoms with Gasteiger partial charge in [-0.05, 0) is 36.1 Å². The van der Waals surface area contributed by atoms with E-state index in [1.54, 1.807) is 47.0 Å². The van der Waals surface area contributed by atoms with Gasteiger partial charge in [0.15, 0.2) is 24.8 Å². The summed E-state index contributed by atoms with van der Waals surface area (Å²) in [5.41, 5.74) is 2.43. The summed E-state index contributed by atoms with van der Waals surface area (Å²) in [6.07, 6.45) is 20.3. The van der Waals surface area contributed by atoms with Crippen LogP contribution in [-0.4, -0.2) is 59.9 Å². The first-order valence-electron chi connectivity index (χ1n) is 15.2. The van der Waals surface area contributed by atoms with Crippen molar-refractivity contribution < 1.29 is 98.7 Å². The summed E-state index contributed by atoms with van der Waals surface area (Å²) in [4.78, 5) is 42.8.